The highest BCUT2D eigenvalue weighted by atomic mass is 79.9. The van der Waals surface area contributed by atoms with Crippen molar-refractivity contribution in [1.29, 1.82) is 5.26 Å². The summed E-state index contributed by atoms with van der Waals surface area (Å²) in [5, 5.41) is 9.11. The first kappa shape index (κ1) is 14.2. The molecule has 2 aromatic carbocycles. The molecule has 0 fully saturated rings. The number of hydrogen-bond donors (Lipinski definition) is 0. The predicted molar refractivity (Wildman–Crippen MR) is 78.5 cm³/mol. The van der Waals surface area contributed by atoms with E-state index in [-0.39, 0.29) is 11.1 Å². The number of hydrogen-bond acceptors (Lipinski definition) is 2. The Bertz CT molecular complexity index is 731. The Morgan fingerprint density at radius 1 is 1.20 bits per heavy atom. The van der Waals surface area contributed by atoms with Crippen LogP contribution in [0.5, 0.6) is 0 Å². The first-order chi connectivity index (χ1) is 9.61. The fraction of sp³-hybridized carbons (Fsp3) is 0. The molecule has 0 heterocycles. The molecule has 0 unspecified atom stereocenters. The Labute approximate surface area is 124 Å². The van der Waals surface area contributed by atoms with Gasteiger partial charge >= 0.3 is 0 Å². The molecule has 0 aliphatic rings. The maximum atomic E-state index is 13.6. The molecular formula is C16H9BrFNO. The minimum atomic E-state index is -0.632. The van der Waals surface area contributed by atoms with Crippen LogP contribution in [0, 0.1) is 17.1 Å². The molecule has 2 rings (SSSR count). The zero-order valence-electron chi connectivity index (χ0n) is 10.3. The maximum absolute atomic E-state index is 13.6. The highest BCUT2D eigenvalue weighted by molar-refractivity contribution is 9.10. The average molecular weight is 330 g/mol. The zero-order chi connectivity index (χ0) is 14.5. The summed E-state index contributed by atoms with van der Waals surface area (Å²) in [7, 11) is 0. The summed E-state index contributed by atoms with van der Waals surface area (Å²) < 4.78 is 14.4. The van der Waals surface area contributed by atoms with Gasteiger partial charge in [-0.2, -0.15) is 5.26 Å². The van der Waals surface area contributed by atoms with E-state index in [0.29, 0.717) is 5.56 Å². The quantitative estimate of drug-likeness (QED) is 0.476. The molecular weight excluding hydrogens is 321 g/mol. The van der Waals surface area contributed by atoms with E-state index in [1.54, 1.807) is 24.3 Å². The molecule has 0 spiro atoms. The van der Waals surface area contributed by atoms with E-state index in [1.807, 2.05) is 12.1 Å². The first-order valence-electron chi connectivity index (χ1n) is 5.78. The lowest BCUT2D eigenvalue weighted by Crippen LogP contribution is -2.04. The van der Waals surface area contributed by atoms with Crippen molar-refractivity contribution in [2.45, 2.75) is 0 Å². The number of benzene rings is 2. The van der Waals surface area contributed by atoms with Crippen LogP contribution in [0.2, 0.25) is 0 Å². The van der Waals surface area contributed by atoms with E-state index >= 15 is 0 Å². The number of Topliss-reactive ketones (excluding diaryl/α,β-unsaturated/α-hetero) is 1. The van der Waals surface area contributed by atoms with E-state index < -0.39 is 11.6 Å². The Morgan fingerprint density at radius 2 is 1.95 bits per heavy atom. The summed E-state index contributed by atoms with van der Waals surface area (Å²) in [5.74, 6) is -1.25. The smallest absolute Gasteiger partial charge is 0.206 e. The van der Waals surface area contributed by atoms with Gasteiger partial charge in [-0.3, -0.25) is 4.79 Å². The normalized spacial score (nSPS) is 10.9. The zero-order valence-corrected chi connectivity index (χ0v) is 11.9. The molecule has 0 radical (unpaired) electrons. The summed E-state index contributed by atoms with van der Waals surface area (Å²) in [6.07, 6.45) is 1.44. The number of carbonyl (C=O) groups is 1. The summed E-state index contributed by atoms with van der Waals surface area (Å²) >= 11 is 3.31. The van der Waals surface area contributed by atoms with E-state index in [2.05, 4.69) is 15.9 Å². The number of nitriles is 1. The number of nitrogens with zero attached hydrogens (tertiary/aromatic N) is 1. The predicted octanol–water partition coefficient (Wildman–Crippen LogP) is 4.38. The van der Waals surface area contributed by atoms with Crippen molar-refractivity contribution in [3.05, 3.63) is 75.5 Å². The molecule has 0 aromatic heterocycles. The number of ketones is 1. The van der Waals surface area contributed by atoms with Gasteiger partial charge in [-0.25, -0.2) is 4.39 Å². The van der Waals surface area contributed by atoms with Crippen molar-refractivity contribution in [2.75, 3.05) is 0 Å². The monoisotopic (exact) mass is 329 g/mol. The molecule has 0 aliphatic carbocycles. The average Bonchev–Trinajstić information content (AvgIpc) is 2.44. The van der Waals surface area contributed by atoms with Crippen LogP contribution in [0.3, 0.4) is 0 Å². The standard InChI is InChI=1S/C16H9BrFNO/c17-13-5-3-4-11(9-13)8-12(10-19)16(20)14-6-1-2-7-15(14)18/h1-9H/b12-8+. The Morgan fingerprint density at radius 3 is 2.60 bits per heavy atom. The largest absolute Gasteiger partial charge is 0.288 e. The number of rotatable bonds is 3. The lowest BCUT2D eigenvalue weighted by atomic mass is 10.0. The van der Waals surface area contributed by atoms with Crippen molar-refractivity contribution in [3.8, 4) is 6.07 Å². The van der Waals surface area contributed by atoms with Crippen molar-refractivity contribution in [3.63, 3.8) is 0 Å². The third-order valence-electron chi connectivity index (χ3n) is 2.64. The first-order valence-corrected chi connectivity index (χ1v) is 6.57. The van der Waals surface area contributed by atoms with Crippen LogP contribution < -0.4 is 0 Å². The second-order valence-electron chi connectivity index (χ2n) is 4.03. The Hall–Kier alpha value is -2.25. The van der Waals surface area contributed by atoms with Gasteiger partial charge in [0, 0.05) is 4.47 Å². The van der Waals surface area contributed by atoms with Gasteiger partial charge in [0.25, 0.3) is 0 Å². The van der Waals surface area contributed by atoms with Crippen molar-refractivity contribution in [2.24, 2.45) is 0 Å². The van der Waals surface area contributed by atoms with Crippen LogP contribution in [0.15, 0.2) is 58.6 Å². The molecule has 0 saturated heterocycles. The maximum Gasteiger partial charge on any atom is 0.206 e. The molecule has 0 atom stereocenters. The van der Waals surface area contributed by atoms with Gasteiger partial charge in [-0.1, -0.05) is 40.2 Å². The van der Waals surface area contributed by atoms with E-state index in [0.717, 1.165) is 4.47 Å². The van der Waals surface area contributed by atoms with Crippen LogP contribution in [0.25, 0.3) is 6.08 Å². The second-order valence-corrected chi connectivity index (χ2v) is 4.95. The molecule has 0 aliphatic heterocycles. The molecule has 0 amide bonds. The van der Waals surface area contributed by atoms with Gasteiger partial charge in [0.15, 0.2) is 0 Å². The molecule has 2 aromatic rings. The van der Waals surface area contributed by atoms with Crippen molar-refractivity contribution >= 4 is 27.8 Å². The Balaban J connectivity index is 2.41. The molecule has 20 heavy (non-hydrogen) atoms. The minimum absolute atomic E-state index is 0.102. The molecule has 0 bridgehead atoms. The summed E-state index contributed by atoms with van der Waals surface area (Å²) in [6, 6.07) is 14.6. The van der Waals surface area contributed by atoms with Gasteiger partial charge < -0.3 is 0 Å². The minimum Gasteiger partial charge on any atom is -0.288 e. The van der Waals surface area contributed by atoms with Crippen LogP contribution in [0.1, 0.15) is 15.9 Å². The topological polar surface area (TPSA) is 40.9 Å². The Kier molecular flexibility index (Phi) is 4.44. The third-order valence-corrected chi connectivity index (χ3v) is 3.14. The van der Waals surface area contributed by atoms with Crippen LogP contribution in [-0.2, 0) is 0 Å². The van der Waals surface area contributed by atoms with Gasteiger partial charge in [-0.05, 0) is 35.9 Å². The second kappa shape index (κ2) is 6.27. The summed E-state index contributed by atoms with van der Waals surface area (Å²) in [4.78, 5) is 12.1. The van der Waals surface area contributed by atoms with Crippen LogP contribution >= 0.6 is 15.9 Å². The van der Waals surface area contributed by atoms with E-state index in [4.69, 9.17) is 5.26 Å². The fourth-order valence-electron chi connectivity index (χ4n) is 1.70. The highest BCUT2D eigenvalue weighted by Crippen LogP contribution is 2.17. The van der Waals surface area contributed by atoms with Gasteiger partial charge in [0.1, 0.15) is 17.5 Å². The van der Waals surface area contributed by atoms with E-state index in [1.165, 1.54) is 24.3 Å². The molecule has 0 N–H and O–H groups in total. The molecule has 2 nitrogen and oxygen atoms in total. The third kappa shape index (κ3) is 3.19. The van der Waals surface area contributed by atoms with Crippen LogP contribution in [-0.4, -0.2) is 5.78 Å². The number of allylic oxidation sites excluding steroid dienone is 1. The highest BCUT2D eigenvalue weighted by Gasteiger charge is 2.15. The lowest BCUT2D eigenvalue weighted by Gasteiger charge is -2.01. The lowest BCUT2D eigenvalue weighted by molar-refractivity contribution is 0.103. The summed E-state index contributed by atoms with van der Waals surface area (Å²) in [6.45, 7) is 0. The molecule has 98 valence electrons. The van der Waals surface area contributed by atoms with E-state index in [9.17, 15) is 9.18 Å². The molecule has 0 saturated carbocycles. The van der Waals surface area contributed by atoms with Gasteiger partial charge in [0.2, 0.25) is 5.78 Å². The summed E-state index contributed by atoms with van der Waals surface area (Å²) in [5.41, 5.74) is 0.490. The van der Waals surface area contributed by atoms with Crippen molar-refractivity contribution < 1.29 is 9.18 Å². The van der Waals surface area contributed by atoms with Gasteiger partial charge in [0.05, 0.1) is 5.56 Å². The van der Waals surface area contributed by atoms with Gasteiger partial charge in [-0.15, -0.1) is 0 Å². The number of carbonyl (C=O) groups excluding carboxylic acids is 1. The molecule has 4 heteroatoms. The number of halogens is 2. The van der Waals surface area contributed by atoms with Crippen LogP contribution in [0.4, 0.5) is 4.39 Å². The van der Waals surface area contributed by atoms with Crippen molar-refractivity contribution in [1.82, 2.24) is 0 Å². The SMILES string of the molecule is N#C/C(=C\c1cccc(Br)c1)C(=O)c1ccccc1F. The fourth-order valence-corrected chi connectivity index (χ4v) is 2.12.